The minimum Gasteiger partial charge on any atom is -0.462 e. The Morgan fingerprint density at radius 3 is 2.68 bits per heavy atom. The van der Waals surface area contributed by atoms with Crippen molar-refractivity contribution < 1.29 is 9.53 Å². The molecule has 2 atom stereocenters. The van der Waals surface area contributed by atoms with Gasteiger partial charge in [-0.3, -0.25) is 9.36 Å². The van der Waals surface area contributed by atoms with Crippen molar-refractivity contribution in [2.75, 3.05) is 0 Å². The summed E-state index contributed by atoms with van der Waals surface area (Å²) in [4.78, 5) is 12.0. The molecule has 1 aromatic carbocycles. The molecule has 0 N–H and O–H groups in total. The van der Waals surface area contributed by atoms with Gasteiger partial charge in [0.15, 0.2) is 11.0 Å². The van der Waals surface area contributed by atoms with Crippen LogP contribution in [0, 0.1) is 0 Å². The second-order valence-corrected chi connectivity index (χ2v) is 8.26. The summed E-state index contributed by atoms with van der Waals surface area (Å²) in [5.41, 5.74) is 0.887. The molecule has 1 saturated carbocycles. The van der Waals surface area contributed by atoms with Crippen molar-refractivity contribution in [1.29, 1.82) is 0 Å². The molecule has 2 aliphatic rings. The van der Waals surface area contributed by atoms with Crippen molar-refractivity contribution in [3.8, 4) is 11.4 Å². The van der Waals surface area contributed by atoms with Crippen LogP contribution in [0.2, 0.25) is 5.02 Å². The summed E-state index contributed by atoms with van der Waals surface area (Å²) in [7, 11) is 0. The first-order valence-electron chi connectivity index (χ1n) is 8.70. The van der Waals surface area contributed by atoms with Crippen LogP contribution in [0.15, 0.2) is 29.4 Å². The lowest BCUT2D eigenvalue weighted by Gasteiger charge is -2.18. The van der Waals surface area contributed by atoms with Crippen LogP contribution in [0.4, 0.5) is 0 Å². The summed E-state index contributed by atoms with van der Waals surface area (Å²) in [6, 6.07) is 8.07. The first kappa shape index (κ1) is 16.9. The number of carbonyl (C=O) groups excluding carboxylic acids is 1. The van der Waals surface area contributed by atoms with Gasteiger partial charge in [0.05, 0.1) is 5.02 Å². The van der Waals surface area contributed by atoms with Gasteiger partial charge in [0.1, 0.15) is 11.4 Å². The van der Waals surface area contributed by atoms with Crippen LogP contribution >= 0.6 is 23.4 Å². The molecule has 1 aliphatic carbocycles. The molecule has 25 heavy (non-hydrogen) atoms. The number of carbonyl (C=O) groups is 1. The predicted octanol–water partition coefficient (Wildman–Crippen LogP) is 4.51. The van der Waals surface area contributed by atoms with Crippen molar-refractivity contribution in [3.05, 3.63) is 29.3 Å². The molecule has 0 amide bonds. The maximum absolute atomic E-state index is 12.0. The van der Waals surface area contributed by atoms with Crippen LogP contribution in [-0.2, 0) is 9.53 Å². The van der Waals surface area contributed by atoms with Crippen LogP contribution in [0.3, 0.4) is 0 Å². The molecule has 0 bridgehead atoms. The molecule has 1 aliphatic heterocycles. The van der Waals surface area contributed by atoms with Crippen LogP contribution in [0.1, 0.15) is 45.1 Å². The van der Waals surface area contributed by atoms with Gasteiger partial charge in [-0.2, -0.15) is 0 Å². The van der Waals surface area contributed by atoms with Crippen LogP contribution < -0.4 is 0 Å². The third kappa shape index (κ3) is 3.29. The molecule has 7 heteroatoms. The smallest absolute Gasteiger partial charge is 0.319 e. The SMILES string of the molecule is C[C@@H]1C[C@H](Sc2nnc(-c3ccccc3Cl)n2C2CCCC2)C(=O)O1. The highest BCUT2D eigenvalue weighted by molar-refractivity contribution is 8.00. The fourth-order valence-electron chi connectivity index (χ4n) is 3.62. The largest absolute Gasteiger partial charge is 0.462 e. The maximum Gasteiger partial charge on any atom is 0.319 e. The first-order chi connectivity index (χ1) is 12.1. The van der Waals surface area contributed by atoms with Crippen molar-refractivity contribution >= 4 is 29.3 Å². The summed E-state index contributed by atoms with van der Waals surface area (Å²) in [5, 5.41) is 10.1. The maximum atomic E-state index is 12.0. The first-order valence-corrected chi connectivity index (χ1v) is 9.96. The summed E-state index contributed by atoms with van der Waals surface area (Å²) in [5.74, 6) is 0.636. The average molecular weight is 378 g/mol. The Morgan fingerprint density at radius 1 is 1.24 bits per heavy atom. The Bertz CT molecular complexity index is 788. The summed E-state index contributed by atoms with van der Waals surface area (Å²) >= 11 is 7.87. The fourth-order valence-corrected chi connectivity index (χ4v) is 5.05. The average Bonchev–Trinajstić information content (AvgIpc) is 3.29. The number of esters is 1. The fraction of sp³-hybridized carbons (Fsp3) is 0.500. The molecular weight excluding hydrogens is 358 g/mol. The Morgan fingerprint density at radius 2 is 2.00 bits per heavy atom. The van der Waals surface area contributed by atoms with Crippen molar-refractivity contribution in [2.24, 2.45) is 0 Å². The van der Waals surface area contributed by atoms with Crippen LogP contribution in [-0.4, -0.2) is 32.1 Å². The van der Waals surface area contributed by atoms with Gasteiger partial charge < -0.3 is 4.74 Å². The van der Waals surface area contributed by atoms with E-state index < -0.39 is 0 Å². The number of nitrogens with zero attached hydrogens (tertiary/aromatic N) is 3. The molecule has 2 fully saturated rings. The lowest BCUT2D eigenvalue weighted by Crippen LogP contribution is -2.13. The van der Waals surface area contributed by atoms with Crippen LogP contribution in [0.5, 0.6) is 0 Å². The minimum absolute atomic E-state index is 0.0316. The molecule has 4 rings (SSSR count). The highest BCUT2D eigenvalue weighted by atomic mass is 35.5. The number of rotatable bonds is 4. The molecule has 2 aromatic rings. The third-order valence-corrected chi connectivity index (χ3v) is 6.33. The van der Waals surface area contributed by atoms with Crippen LogP contribution in [0.25, 0.3) is 11.4 Å². The van der Waals surface area contributed by atoms with E-state index in [0.717, 1.165) is 29.4 Å². The summed E-state index contributed by atoms with van der Waals surface area (Å²) < 4.78 is 7.47. The number of cyclic esters (lactones) is 1. The molecule has 132 valence electrons. The van der Waals surface area contributed by atoms with E-state index in [1.807, 2.05) is 31.2 Å². The molecule has 0 spiro atoms. The standard InChI is InChI=1S/C18H20ClN3O2S/c1-11-10-15(17(23)24-11)25-18-21-20-16(13-8-4-5-9-14(13)19)22(18)12-6-2-3-7-12/h4-5,8-9,11-12,15H,2-3,6-7,10H2,1H3/t11-,15+/m1/s1. The zero-order chi connectivity index (χ0) is 17.4. The van der Waals surface area contributed by atoms with Crippen molar-refractivity contribution in [1.82, 2.24) is 14.8 Å². The van der Waals surface area contributed by atoms with Gasteiger partial charge >= 0.3 is 5.97 Å². The molecule has 1 saturated heterocycles. The zero-order valence-corrected chi connectivity index (χ0v) is 15.6. The monoisotopic (exact) mass is 377 g/mol. The van der Waals surface area contributed by atoms with E-state index in [2.05, 4.69) is 14.8 Å². The third-order valence-electron chi connectivity index (χ3n) is 4.84. The molecule has 0 radical (unpaired) electrons. The second kappa shape index (κ2) is 7.00. The van der Waals surface area contributed by atoms with Gasteiger partial charge in [0, 0.05) is 18.0 Å². The molecule has 2 heterocycles. The van der Waals surface area contributed by atoms with Crippen molar-refractivity contribution in [2.45, 2.75) is 61.6 Å². The van der Waals surface area contributed by atoms with E-state index >= 15 is 0 Å². The Balaban J connectivity index is 1.72. The molecule has 1 aromatic heterocycles. The molecular formula is C18H20ClN3O2S. The Kier molecular flexibility index (Phi) is 4.73. The number of benzene rings is 1. The number of halogens is 1. The summed E-state index contributed by atoms with van der Waals surface area (Å²) in [6.45, 7) is 1.93. The van der Waals surface area contributed by atoms with Crippen molar-refractivity contribution in [3.63, 3.8) is 0 Å². The lowest BCUT2D eigenvalue weighted by molar-refractivity contribution is -0.140. The molecule has 0 unspecified atom stereocenters. The van der Waals surface area contributed by atoms with Gasteiger partial charge in [0.25, 0.3) is 0 Å². The zero-order valence-electron chi connectivity index (χ0n) is 14.0. The highest BCUT2D eigenvalue weighted by Gasteiger charge is 2.35. The number of ether oxygens (including phenoxy) is 1. The highest BCUT2D eigenvalue weighted by Crippen LogP contribution is 2.40. The number of hydrogen-bond acceptors (Lipinski definition) is 5. The Hall–Kier alpha value is -1.53. The minimum atomic E-state index is -0.210. The van der Waals surface area contributed by atoms with Gasteiger partial charge in [-0.05, 0) is 31.9 Å². The normalized spacial score (nSPS) is 24.0. The van der Waals surface area contributed by atoms with E-state index in [0.29, 0.717) is 17.5 Å². The van der Waals surface area contributed by atoms with Gasteiger partial charge in [0.2, 0.25) is 0 Å². The topological polar surface area (TPSA) is 57.0 Å². The van der Waals surface area contributed by atoms with E-state index in [9.17, 15) is 4.79 Å². The van der Waals surface area contributed by atoms with Gasteiger partial charge in [-0.15, -0.1) is 10.2 Å². The van der Waals surface area contributed by atoms with E-state index in [-0.39, 0.29) is 17.3 Å². The van der Waals surface area contributed by atoms with Gasteiger partial charge in [-0.25, -0.2) is 0 Å². The molecule has 5 nitrogen and oxygen atoms in total. The summed E-state index contributed by atoms with van der Waals surface area (Å²) in [6.07, 6.45) is 5.30. The van der Waals surface area contributed by atoms with E-state index in [1.165, 1.54) is 24.6 Å². The van der Waals surface area contributed by atoms with E-state index in [4.69, 9.17) is 16.3 Å². The van der Waals surface area contributed by atoms with Gasteiger partial charge in [-0.1, -0.05) is 48.3 Å². The predicted molar refractivity (Wildman–Crippen MR) is 97.8 cm³/mol. The second-order valence-electron chi connectivity index (χ2n) is 6.68. The number of thioether (sulfide) groups is 1. The quantitative estimate of drug-likeness (QED) is 0.733. The van der Waals surface area contributed by atoms with E-state index in [1.54, 1.807) is 0 Å². The number of hydrogen-bond donors (Lipinski definition) is 0. The lowest BCUT2D eigenvalue weighted by atomic mass is 10.2. The number of aromatic nitrogens is 3. The Labute approximate surface area is 156 Å².